The van der Waals surface area contributed by atoms with Gasteiger partial charge in [0.2, 0.25) is 5.91 Å². The van der Waals surface area contributed by atoms with E-state index in [1.807, 2.05) is 13.8 Å². The highest BCUT2D eigenvalue weighted by molar-refractivity contribution is 5.82. The Morgan fingerprint density at radius 3 is 2.95 bits per heavy atom. The van der Waals surface area contributed by atoms with Crippen molar-refractivity contribution in [3.8, 4) is 5.75 Å². The maximum atomic E-state index is 13.4. The van der Waals surface area contributed by atoms with Crippen LogP contribution in [0.3, 0.4) is 0 Å². The number of rotatable bonds is 3. The number of hydrogen-bond donors (Lipinski definition) is 2. The summed E-state index contributed by atoms with van der Waals surface area (Å²) in [4.78, 5) is 12.1. The molecular weight excluding hydrogens is 259 g/mol. The zero-order valence-corrected chi connectivity index (χ0v) is 11.9. The summed E-state index contributed by atoms with van der Waals surface area (Å²) < 4.78 is 19.0. The van der Waals surface area contributed by atoms with Crippen molar-refractivity contribution < 1.29 is 13.9 Å². The van der Waals surface area contributed by atoms with Gasteiger partial charge in [-0.15, -0.1) is 0 Å². The van der Waals surface area contributed by atoms with Crippen molar-refractivity contribution in [1.29, 1.82) is 0 Å². The van der Waals surface area contributed by atoms with Crippen molar-refractivity contribution in [3.05, 3.63) is 29.6 Å². The number of fused-ring (bicyclic) bond motifs is 1. The minimum atomic E-state index is -0.559. The first-order valence-electron chi connectivity index (χ1n) is 6.97. The van der Waals surface area contributed by atoms with Crippen LogP contribution in [0.1, 0.15) is 38.3 Å². The Hall–Kier alpha value is -1.62. The summed E-state index contributed by atoms with van der Waals surface area (Å²) in [5, 5.41) is 2.91. The van der Waals surface area contributed by atoms with E-state index in [0.29, 0.717) is 24.3 Å². The largest absolute Gasteiger partial charge is 0.493 e. The van der Waals surface area contributed by atoms with Crippen LogP contribution in [0.5, 0.6) is 5.75 Å². The highest BCUT2D eigenvalue weighted by atomic mass is 19.1. The fourth-order valence-electron chi connectivity index (χ4n) is 2.27. The Morgan fingerprint density at radius 1 is 1.50 bits per heavy atom. The van der Waals surface area contributed by atoms with Crippen molar-refractivity contribution in [2.45, 2.75) is 38.8 Å². The van der Waals surface area contributed by atoms with E-state index in [1.165, 1.54) is 12.1 Å². The summed E-state index contributed by atoms with van der Waals surface area (Å²) in [6.07, 6.45) is 1.52. The Labute approximate surface area is 118 Å². The zero-order chi connectivity index (χ0) is 14.7. The molecule has 3 N–H and O–H groups in total. The molecule has 0 spiro atoms. The number of hydrogen-bond acceptors (Lipinski definition) is 3. The van der Waals surface area contributed by atoms with E-state index in [2.05, 4.69) is 5.32 Å². The molecule has 2 unspecified atom stereocenters. The number of carbonyl (C=O) groups is 1. The van der Waals surface area contributed by atoms with Crippen LogP contribution in [0.4, 0.5) is 4.39 Å². The molecule has 110 valence electrons. The van der Waals surface area contributed by atoms with Gasteiger partial charge in [0.25, 0.3) is 0 Å². The lowest BCUT2D eigenvalue weighted by molar-refractivity contribution is -0.124. The van der Waals surface area contributed by atoms with E-state index in [4.69, 9.17) is 10.5 Å². The lowest BCUT2D eigenvalue weighted by Crippen LogP contribution is -2.45. The molecule has 1 amide bonds. The Bertz CT molecular complexity index is 491. The van der Waals surface area contributed by atoms with E-state index in [1.54, 1.807) is 6.07 Å². The zero-order valence-electron chi connectivity index (χ0n) is 11.9. The van der Waals surface area contributed by atoms with Crippen LogP contribution in [0.2, 0.25) is 0 Å². The molecule has 0 aliphatic carbocycles. The second-order valence-corrected chi connectivity index (χ2v) is 5.50. The number of amides is 1. The fourth-order valence-corrected chi connectivity index (χ4v) is 2.27. The Balaban J connectivity index is 2.20. The Morgan fingerprint density at radius 2 is 2.25 bits per heavy atom. The molecule has 4 nitrogen and oxygen atoms in total. The van der Waals surface area contributed by atoms with Crippen LogP contribution in [0, 0.1) is 11.7 Å². The molecule has 1 aromatic rings. The minimum Gasteiger partial charge on any atom is -0.493 e. The first-order valence-corrected chi connectivity index (χ1v) is 6.97. The molecule has 0 saturated heterocycles. The van der Waals surface area contributed by atoms with Crippen LogP contribution >= 0.6 is 0 Å². The Kier molecular flexibility index (Phi) is 4.60. The number of nitrogens with two attached hydrogens (primary N) is 1. The number of carbonyl (C=O) groups excluding carboxylic acids is 1. The molecule has 1 aromatic carbocycles. The molecule has 1 aliphatic heterocycles. The number of nitrogens with one attached hydrogen (secondary N) is 1. The van der Waals surface area contributed by atoms with Crippen LogP contribution in [0.15, 0.2) is 18.2 Å². The third-order valence-corrected chi connectivity index (χ3v) is 3.58. The van der Waals surface area contributed by atoms with E-state index in [9.17, 15) is 9.18 Å². The molecule has 1 heterocycles. The van der Waals surface area contributed by atoms with E-state index >= 15 is 0 Å². The first-order chi connectivity index (χ1) is 9.49. The van der Waals surface area contributed by atoms with Crippen LogP contribution in [-0.4, -0.2) is 18.6 Å². The quantitative estimate of drug-likeness (QED) is 0.891. The first kappa shape index (κ1) is 14.8. The molecule has 1 aliphatic rings. The topological polar surface area (TPSA) is 64.4 Å². The van der Waals surface area contributed by atoms with Gasteiger partial charge in [0.15, 0.2) is 0 Å². The summed E-state index contributed by atoms with van der Waals surface area (Å²) in [7, 11) is 0. The molecule has 0 saturated carbocycles. The minimum absolute atomic E-state index is 0.0593. The van der Waals surface area contributed by atoms with Crippen molar-refractivity contribution in [1.82, 2.24) is 5.32 Å². The molecule has 0 fully saturated rings. The second kappa shape index (κ2) is 6.22. The van der Waals surface area contributed by atoms with Crippen molar-refractivity contribution in [3.63, 3.8) is 0 Å². The van der Waals surface area contributed by atoms with Crippen molar-refractivity contribution >= 4 is 5.91 Å². The average molecular weight is 280 g/mol. The predicted molar refractivity (Wildman–Crippen MR) is 74.8 cm³/mol. The molecule has 2 rings (SSSR count). The van der Waals surface area contributed by atoms with Gasteiger partial charge in [-0.25, -0.2) is 4.39 Å². The molecule has 0 bridgehead atoms. The van der Waals surface area contributed by atoms with E-state index in [-0.39, 0.29) is 23.7 Å². The van der Waals surface area contributed by atoms with E-state index in [0.717, 1.165) is 6.42 Å². The normalized spacial score (nSPS) is 19.8. The fraction of sp³-hybridized carbons (Fsp3) is 0.533. The maximum absolute atomic E-state index is 13.4. The van der Waals surface area contributed by atoms with Crippen LogP contribution in [0.25, 0.3) is 0 Å². The number of ether oxygens (including phenoxy) is 1. The van der Waals surface area contributed by atoms with Gasteiger partial charge >= 0.3 is 0 Å². The van der Waals surface area contributed by atoms with Gasteiger partial charge in [0.1, 0.15) is 11.6 Å². The summed E-state index contributed by atoms with van der Waals surface area (Å²) >= 11 is 0. The molecule has 5 heteroatoms. The lowest BCUT2D eigenvalue weighted by atomic mass is 9.99. The monoisotopic (exact) mass is 280 g/mol. The van der Waals surface area contributed by atoms with Gasteiger partial charge in [-0.3, -0.25) is 4.79 Å². The third-order valence-electron chi connectivity index (χ3n) is 3.58. The van der Waals surface area contributed by atoms with Gasteiger partial charge in [0, 0.05) is 5.56 Å². The lowest BCUT2D eigenvalue weighted by Gasteiger charge is -2.22. The second-order valence-electron chi connectivity index (χ2n) is 5.50. The summed E-state index contributed by atoms with van der Waals surface area (Å²) in [6.45, 7) is 4.36. The average Bonchev–Trinajstić information content (AvgIpc) is 2.60. The molecular formula is C15H21FN2O2. The van der Waals surface area contributed by atoms with Crippen LogP contribution in [-0.2, 0) is 4.79 Å². The van der Waals surface area contributed by atoms with Gasteiger partial charge in [-0.05, 0) is 37.0 Å². The highest BCUT2D eigenvalue weighted by Crippen LogP contribution is 2.32. The summed E-state index contributed by atoms with van der Waals surface area (Å²) in [5.41, 5.74) is 6.54. The molecule has 2 atom stereocenters. The van der Waals surface area contributed by atoms with E-state index < -0.39 is 6.04 Å². The summed E-state index contributed by atoms with van der Waals surface area (Å²) in [5.74, 6) is 0.153. The van der Waals surface area contributed by atoms with Gasteiger partial charge in [-0.1, -0.05) is 13.8 Å². The number of benzene rings is 1. The molecule has 20 heavy (non-hydrogen) atoms. The molecule has 0 radical (unpaired) electrons. The van der Waals surface area contributed by atoms with Gasteiger partial charge in [0.05, 0.1) is 18.7 Å². The summed E-state index contributed by atoms with van der Waals surface area (Å²) in [6, 6.07) is 3.59. The highest BCUT2D eigenvalue weighted by Gasteiger charge is 2.25. The molecule has 0 aromatic heterocycles. The predicted octanol–water partition coefficient (Wildman–Crippen LogP) is 2.14. The SMILES string of the molecule is CC(C)C(N)C(=O)NC1CCCOc2ccc(F)cc21. The van der Waals surface area contributed by atoms with Crippen molar-refractivity contribution in [2.75, 3.05) is 6.61 Å². The van der Waals surface area contributed by atoms with Crippen LogP contribution < -0.4 is 15.8 Å². The van der Waals surface area contributed by atoms with Crippen molar-refractivity contribution in [2.24, 2.45) is 11.7 Å². The van der Waals surface area contributed by atoms with Gasteiger partial charge < -0.3 is 15.8 Å². The third kappa shape index (κ3) is 3.28. The number of halogens is 1. The van der Waals surface area contributed by atoms with Gasteiger partial charge in [-0.2, -0.15) is 0 Å². The standard InChI is InChI=1S/C15H21FN2O2/c1-9(2)14(17)15(19)18-12-4-3-7-20-13-6-5-10(16)8-11(12)13/h5-6,8-9,12,14H,3-4,7,17H2,1-2H3,(H,18,19). The maximum Gasteiger partial charge on any atom is 0.237 e. The smallest absolute Gasteiger partial charge is 0.237 e.